The SMILES string of the molecule is Cc1occc1C(=O)N[C@@H](c1cccc(F)c1)c1nccn1C. The molecule has 23 heavy (non-hydrogen) atoms. The molecule has 6 heteroatoms. The number of nitrogens with one attached hydrogen (secondary N) is 1. The molecule has 0 saturated carbocycles. The number of carbonyl (C=O) groups excluding carboxylic acids is 1. The molecule has 1 atom stereocenters. The van der Waals surface area contributed by atoms with Crippen LogP contribution in [0.2, 0.25) is 0 Å². The number of nitrogens with zero attached hydrogens (tertiary/aromatic N) is 2. The summed E-state index contributed by atoms with van der Waals surface area (Å²) in [5.41, 5.74) is 1.06. The first-order valence-electron chi connectivity index (χ1n) is 7.14. The summed E-state index contributed by atoms with van der Waals surface area (Å²) in [6.45, 7) is 1.72. The van der Waals surface area contributed by atoms with Crippen molar-refractivity contribution < 1.29 is 13.6 Å². The van der Waals surface area contributed by atoms with Gasteiger partial charge >= 0.3 is 0 Å². The zero-order chi connectivity index (χ0) is 16.4. The summed E-state index contributed by atoms with van der Waals surface area (Å²) in [4.78, 5) is 16.8. The van der Waals surface area contributed by atoms with E-state index in [1.54, 1.807) is 42.1 Å². The number of benzene rings is 1. The smallest absolute Gasteiger partial charge is 0.255 e. The zero-order valence-electron chi connectivity index (χ0n) is 12.8. The summed E-state index contributed by atoms with van der Waals surface area (Å²) < 4.78 is 20.5. The molecule has 0 aliphatic carbocycles. The summed E-state index contributed by atoms with van der Waals surface area (Å²) in [6, 6.07) is 7.16. The molecule has 0 saturated heterocycles. The second-order valence-corrected chi connectivity index (χ2v) is 5.25. The molecule has 2 heterocycles. The fourth-order valence-corrected chi connectivity index (χ4v) is 2.47. The topological polar surface area (TPSA) is 60.1 Å². The molecule has 118 valence electrons. The van der Waals surface area contributed by atoms with Crippen molar-refractivity contribution in [2.75, 3.05) is 0 Å². The van der Waals surface area contributed by atoms with Gasteiger partial charge in [-0.25, -0.2) is 9.37 Å². The molecule has 1 aromatic carbocycles. The molecule has 0 spiro atoms. The van der Waals surface area contributed by atoms with E-state index >= 15 is 0 Å². The van der Waals surface area contributed by atoms with Crippen molar-refractivity contribution in [3.63, 3.8) is 0 Å². The number of rotatable bonds is 4. The van der Waals surface area contributed by atoms with Crippen molar-refractivity contribution in [1.82, 2.24) is 14.9 Å². The maximum absolute atomic E-state index is 13.6. The van der Waals surface area contributed by atoms with Gasteiger partial charge in [-0.1, -0.05) is 12.1 Å². The second kappa shape index (κ2) is 6.08. The fraction of sp³-hybridized carbons (Fsp3) is 0.176. The van der Waals surface area contributed by atoms with E-state index in [9.17, 15) is 9.18 Å². The number of amides is 1. The maximum Gasteiger partial charge on any atom is 0.255 e. The van der Waals surface area contributed by atoms with Crippen LogP contribution in [0, 0.1) is 12.7 Å². The molecule has 0 bridgehead atoms. The summed E-state index contributed by atoms with van der Waals surface area (Å²) in [7, 11) is 1.82. The number of halogens is 1. The number of hydrogen-bond acceptors (Lipinski definition) is 3. The average molecular weight is 313 g/mol. The Balaban J connectivity index is 1.98. The van der Waals surface area contributed by atoms with Gasteiger partial charge in [-0.05, 0) is 30.7 Å². The Morgan fingerprint density at radius 1 is 1.39 bits per heavy atom. The molecule has 0 fully saturated rings. The summed E-state index contributed by atoms with van der Waals surface area (Å²) in [6.07, 6.45) is 4.87. The predicted octanol–water partition coefficient (Wildman–Crippen LogP) is 2.98. The molecule has 1 amide bonds. The van der Waals surface area contributed by atoms with Crippen LogP contribution in [-0.2, 0) is 7.05 Å². The Labute approximate surface area is 132 Å². The molecule has 0 radical (unpaired) electrons. The van der Waals surface area contributed by atoms with E-state index in [4.69, 9.17) is 4.42 Å². The number of aromatic nitrogens is 2. The van der Waals surface area contributed by atoms with Crippen LogP contribution in [0.1, 0.15) is 33.5 Å². The zero-order valence-corrected chi connectivity index (χ0v) is 12.8. The third-order valence-electron chi connectivity index (χ3n) is 3.68. The Morgan fingerprint density at radius 2 is 2.22 bits per heavy atom. The predicted molar refractivity (Wildman–Crippen MR) is 82.4 cm³/mol. The normalized spacial score (nSPS) is 12.1. The van der Waals surface area contributed by atoms with Gasteiger partial charge in [0.25, 0.3) is 5.91 Å². The number of carbonyl (C=O) groups is 1. The van der Waals surface area contributed by atoms with Crippen LogP contribution in [0.5, 0.6) is 0 Å². The highest BCUT2D eigenvalue weighted by atomic mass is 19.1. The molecule has 0 aliphatic heterocycles. The maximum atomic E-state index is 13.6. The molecular formula is C17H16FN3O2. The van der Waals surface area contributed by atoms with Crippen LogP contribution in [-0.4, -0.2) is 15.5 Å². The molecule has 0 unspecified atom stereocenters. The highest BCUT2D eigenvalue weighted by Gasteiger charge is 2.23. The van der Waals surface area contributed by atoms with E-state index in [-0.39, 0.29) is 11.7 Å². The van der Waals surface area contributed by atoms with Crippen LogP contribution in [0.25, 0.3) is 0 Å². The van der Waals surface area contributed by atoms with Crippen LogP contribution in [0.15, 0.2) is 53.4 Å². The quantitative estimate of drug-likeness (QED) is 0.805. The number of furan rings is 1. The van der Waals surface area contributed by atoms with Gasteiger partial charge in [-0.2, -0.15) is 0 Å². The first kappa shape index (κ1) is 15.0. The van der Waals surface area contributed by atoms with Crippen molar-refractivity contribution in [1.29, 1.82) is 0 Å². The number of imidazole rings is 1. The molecule has 3 rings (SSSR count). The van der Waals surface area contributed by atoms with E-state index in [0.29, 0.717) is 22.7 Å². The first-order valence-corrected chi connectivity index (χ1v) is 7.14. The van der Waals surface area contributed by atoms with Crippen molar-refractivity contribution >= 4 is 5.91 Å². The highest BCUT2D eigenvalue weighted by molar-refractivity contribution is 5.95. The number of hydrogen-bond donors (Lipinski definition) is 1. The lowest BCUT2D eigenvalue weighted by Crippen LogP contribution is -2.31. The lowest BCUT2D eigenvalue weighted by atomic mass is 10.1. The lowest BCUT2D eigenvalue weighted by Gasteiger charge is -2.19. The molecular weight excluding hydrogens is 297 g/mol. The molecule has 1 N–H and O–H groups in total. The standard InChI is InChI=1S/C17H16FN3O2/c1-11-14(6-9-23-11)17(22)20-15(16-19-7-8-21(16)2)12-4-3-5-13(18)10-12/h3-10,15H,1-2H3,(H,20,22)/t15-/m0/s1. The molecule has 0 aliphatic rings. The van der Waals surface area contributed by atoms with E-state index in [2.05, 4.69) is 10.3 Å². The minimum atomic E-state index is -0.563. The molecule has 2 aromatic heterocycles. The van der Waals surface area contributed by atoms with Gasteiger partial charge in [0.1, 0.15) is 23.4 Å². The lowest BCUT2D eigenvalue weighted by molar-refractivity contribution is 0.0939. The second-order valence-electron chi connectivity index (χ2n) is 5.25. The molecule has 3 aromatic rings. The van der Waals surface area contributed by atoms with Gasteiger partial charge < -0.3 is 14.3 Å². The minimum Gasteiger partial charge on any atom is -0.469 e. The van der Waals surface area contributed by atoms with Gasteiger partial charge in [-0.15, -0.1) is 0 Å². The number of aryl methyl sites for hydroxylation is 2. The third kappa shape index (κ3) is 3.01. The molecule has 5 nitrogen and oxygen atoms in total. The van der Waals surface area contributed by atoms with Crippen LogP contribution in [0.4, 0.5) is 4.39 Å². The summed E-state index contributed by atoms with van der Waals surface area (Å²) in [5.74, 6) is 0.481. The Morgan fingerprint density at radius 3 is 2.83 bits per heavy atom. The Hall–Kier alpha value is -2.89. The van der Waals surface area contributed by atoms with Crippen molar-refractivity contribution in [3.05, 3.63) is 77.5 Å². The first-order chi connectivity index (χ1) is 11.1. The van der Waals surface area contributed by atoms with Gasteiger partial charge in [-0.3, -0.25) is 4.79 Å². The van der Waals surface area contributed by atoms with E-state index < -0.39 is 6.04 Å². The average Bonchev–Trinajstić information content (AvgIpc) is 3.13. The van der Waals surface area contributed by atoms with E-state index in [0.717, 1.165) is 0 Å². The van der Waals surface area contributed by atoms with Gasteiger partial charge in [0.2, 0.25) is 0 Å². The fourth-order valence-electron chi connectivity index (χ4n) is 2.47. The van der Waals surface area contributed by atoms with Crippen molar-refractivity contribution in [3.8, 4) is 0 Å². The van der Waals surface area contributed by atoms with E-state index in [1.807, 2.05) is 7.05 Å². The monoisotopic (exact) mass is 313 g/mol. The van der Waals surface area contributed by atoms with Crippen LogP contribution in [0.3, 0.4) is 0 Å². The highest BCUT2D eigenvalue weighted by Crippen LogP contribution is 2.22. The van der Waals surface area contributed by atoms with Crippen LogP contribution < -0.4 is 5.32 Å². The van der Waals surface area contributed by atoms with E-state index in [1.165, 1.54) is 18.4 Å². The summed E-state index contributed by atoms with van der Waals surface area (Å²) >= 11 is 0. The van der Waals surface area contributed by atoms with Gasteiger partial charge in [0.05, 0.1) is 11.8 Å². The Kier molecular flexibility index (Phi) is 3.97. The van der Waals surface area contributed by atoms with Gasteiger partial charge in [0.15, 0.2) is 0 Å². The largest absolute Gasteiger partial charge is 0.469 e. The Bertz CT molecular complexity index is 838. The van der Waals surface area contributed by atoms with Crippen molar-refractivity contribution in [2.45, 2.75) is 13.0 Å². The third-order valence-corrected chi connectivity index (χ3v) is 3.68. The minimum absolute atomic E-state index is 0.298. The van der Waals surface area contributed by atoms with Crippen molar-refractivity contribution in [2.24, 2.45) is 7.05 Å². The summed E-state index contributed by atoms with van der Waals surface area (Å²) in [5, 5.41) is 2.90. The van der Waals surface area contributed by atoms with Crippen LogP contribution >= 0.6 is 0 Å². The van der Waals surface area contributed by atoms with Gasteiger partial charge in [0, 0.05) is 19.4 Å².